The van der Waals surface area contributed by atoms with Crippen molar-refractivity contribution in [1.82, 2.24) is 14.4 Å². The van der Waals surface area contributed by atoms with Gasteiger partial charge in [-0.15, -0.1) is 0 Å². The molecule has 1 fully saturated rings. The predicted octanol–water partition coefficient (Wildman–Crippen LogP) is 5.06. The summed E-state index contributed by atoms with van der Waals surface area (Å²) in [6, 6.07) is 28.1. The van der Waals surface area contributed by atoms with Crippen LogP contribution >= 0.6 is 0 Å². The van der Waals surface area contributed by atoms with E-state index in [0.29, 0.717) is 24.3 Å². The zero-order chi connectivity index (χ0) is 26.2. The molecule has 3 aromatic carbocycles. The fourth-order valence-corrected chi connectivity index (χ4v) is 5.54. The standard InChI is InChI=1S/C32H32N4O2/c1-23-7-3-5-9-28(23)24-11-13-25(14-12-24)31(37)36-22-27-15-16-30(32(38)34-19-17-33(2)18-20-34)35(27)21-26-8-4-6-10-29(26)36/h3-16H,17-22H2,1-2H3. The molecule has 0 bridgehead atoms. The zero-order valence-electron chi connectivity index (χ0n) is 21.9. The van der Waals surface area contributed by atoms with E-state index < -0.39 is 0 Å². The molecule has 2 aliphatic rings. The van der Waals surface area contributed by atoms with E-state index in [2.05, 4.69) is 41.6 Å². The fraction of sp³-hybridized carbons (Fsp3) is 0.250. The van der Waals surface area contributed by atoms with Gasteiger partial charge in [0.15, 0.2) is 0 Å². The van der Waals surface area contributed by atoms with Gasteiger partial charge in [0.25, 0.3) is 11.8 Å². The van der Waals surface area contributed by atoms with E-state index in [1.807, 2.05) is 76.5 Å². The van der Waals surface area contributed by atoms with Crippen LogP contribution in [0.4, 0.5) is 5.69 Å². The van der Waals surface area contributed by atoms with Crippen LogP contribution in [0, 0.1) is 6.92 Å². The van der Waals surface area contributed by atoms with E-state index in [1.165, 1.54) is 11.1 Å². The third-order valence-corrected chi connectivity index (χ3v) is 7.84. The number of piperazine rings is 1. The molecule has 192 valence electrons. The summed E-state index contributed by atoms with van der Waals surface area (Å²) in [4.78, 5) is 33.4. The van der Waals surface area contributed by atoms with Gasteiger partial charge in [-0.2, -0.15) is 0 Å². The van der Waals surface area contributed by atoms with Crippen molar-refractivity contribution in [2.24, 2.45) is 0 Å². The van der Waals surface area contributed by atoms with Gasteiger partial charge in [0.2, 0.25) is 0 Å². The number of carbonyl (C=O) groups excluding carboxylic acids is 2. The highest BCUT2D eigenvalue weighted by atomic mass is 16.2. The minimum Gasteiger partial charge on any atom is -0.335 e. The average Bonchev–Trinajstić information content (AvgIpc) is 3.26. The van der Waals surface area contributed by atoms with Gasteiger partial charge in [0.1, 0.15) is 5.69 Å². The maximum Gasteiger partial charge on any atom is 0.270 e. The molecule has 0 saturated carbocycles. The highest BCUT2D eigenvalue weighted by molar-refractivity contribution is 6.07. The van der Waals surface area contributed by atoms with Crippen molar-refractivity contribution in [2.45, 2.75) is 20.0 Å². The van der Waals surface area contributed by atoms with Gasteiger partial charge in [0, 0.05) is 43.1 Å². The summed E-state index contributed by atoms with van der Waals surface area (Å²) in [5.41, 5.74) is 7.68. The molecule has 0 spiro atoms. The van der Waals surface area contributed by atoms with Crippen molar-refractivity contribution < 1.29 is 9.59 Å². The summed E-state index contributed by atoms with van der Waals surface area (Å²) in [6.07, 6.45) is 0. The minimum atomic E-state index is -0.0459. The van der Waals surface area contributed by atoms with Crippen LogP contribution < -0.4 is 4.90 Å². The summed E-state index contributed by atoms with van der Waals surface area (Å²) in [5.74, 6) is 0.0174. The van der Waals surface area contributed by atoms with Crippen molar-refractivity contribution in [1.29, 1.82) is 0 Å². The van der Waals surface area contributed by atoms with Gasteiger partial charge in [-0.1, -0.05) is 54.6 Å². The summed E-state index contributed by atoms with van der Waals surface area (Å²) in [6.45, 7) is 6.29. The number of nitrogens with zero attached hydrogens (tertiary/aromatic N) is 4. The predicted molar refractivity (Wildman–Crippen MR) is 151 cm³/mol. The number of anilines is 1. The van der Waals surface area contributed by atoms with E-state index in [0.717, 1.165) is 48.7 Å². The smallest absolute Gasteiger partial charge is 0.270 e. The Morgan fingerprint density at radius 2 is 1.42 bits per heavy atom. The Bertz CT molecular complexity index is 1500. The molecule has 1 aromatic heterocycles. The molecule has 1 saturated heterocycles. The number of fused-ring (bicyclic) bond motifs is 2. The van der Waals surface area contributed by atoms with Gasteiger partial charge in [0.05, 0.1) is 13.1 Å². The molecular formula is C32H32N4O2. The number of carbonyl (C=O) groups is 2. The van der Waals surface area contributed by atoms with Crippen molar-refractivity contribution in [3.63, 3.8) is 0 Å². The first-order valence-corrected chi connectivity index (χ1v) is 13.2. The Morgan fingerprint density at radius 1 is 0.711 bits per heavy atom. The molecule has 6 nitrogen and oxygen atoms in total. The SMILES string of the molecule is Cc1ccccc1-c1ccc(C(=O)N2Cc3ccc(C(=O)N4CCN(C)CC4)n3Cc3ccccc32)cc1. The molecule has 2 amide bonds. The van der Waals surface area contributed by atoms with Gasteiger partial charge >= 0.3 is 0 Å². The average molecular weight is 505 g/mol. The molecule has 0 aliphatic carbocycles. The Labute approximate surface area is 223 Å². The second kappa shape index (κ2) is 9.95. The number of aromatic nitrogens is 1. The summed E-state index contributed by atoms with van der Waals surface area (Å²) < 4.78 is 2.09. The number of rotatable bonds is 3. The number of benzene rings is 3. The zero-order valence-corrected chi connectivity index (χ0v) is 21.9. The molecule has 38 heavy (non-hydrogen) atoms. The van der Waals surface area contributed by atoms with Crippen molar-refractivity contribution in [3.05, 3.63) is 113 Å². The first-order valence-electron chi connectivity index (χ1n) is 13.2. The van der Waals surface area contributed by atoms with Crippen molar-refractivity contribution in [2.75, 3.05) is 38.1 Å². The van der Waals surface area contributed by atoms with E-state index in [9.17, 15) is 9.59 Å². The first kappa shape index (κ1) is 24.2. The van der Waals surface area contributed by atoms with Crippen molar-refractivity contribution >= 4 is 17.5 Å². The Balaban J connectivity index is 1.31. The monoisotopic (exact) mass is 504 g/mol. The van der Waals surface area contributed by atoms with Gasteiger partial charge in [-0.05, 0) is 66.6 Å². The molecule has 4 aromatic rings. The second-order valence-corrected chi connectivity index (χ2v) is 10.3. The lowest BCUT2D eigenvalue weighted by Crippen LogP contribution is -2.47. The first-order chi connectivity index (χ1) is 18.5. The molecule has 0 atom stereocenters. The lowest BCUT2D eigenvalue weighted by atomic mass is 9.99. The fourth-order valence-electron chi connectivity index (χ4n) is 5.54. The maximum absolute atomic E-state index is 13.9. The lowest BCUT2D eigenvalue weighted by Gasteiger charge is -2.32. The highest BCUT2D eigenvalue weighted by Gasteiger charge is 2.29. The normalized spacial score (nSPS) is 15.5. The second-order valence-electron chi connectivity index (χ2n) is 10.3. The third kappa shape index (κ3) is 4.41. The molecular weight excluding hydrogens is 472 g/mol. The number of hydrogen-bond acceptors (Lipinski definition) is 3. The third-order valence-electron chi connectivity index (χ3n) is 7.84. The Kier molecular flexibility index (Phi) is 6.34. The van der Waals surface area contributed by atoms with E-state index >= 15 is 0 Å². The van der Waals surface area contributed by atoms with Crippen LogP contribution in [-0.4, -0.2) is 59.4 Å². The van der Waals surface area contributed by atoms with Gasteiger partial charge < -0.3 is 19.3 Å². The van der Waals surface area contributed by atoms with Crippen LogP contribution in [0.5, 0.6) is 0 Å². The molecule has 6 rings (SSSR count). The Morgan fingerprint density at radius 3 is 2.18 bits per heavy atom. The van der Waals surface area contributed by atoms with Crippen LogP contribution in [-0.2, 0) is 13.1 Å². The lowest BCUT2D eigenvalue weighted by molar-refractivity contribution is 0.0653. The number of likely N-dealkylation sites (N-methyl/N-ethyl adjacent to an activating group) is 1. The molecule has 0 radical (unpaired) electrons. The highest BCUT2D eigenvalue weighted by Crippen LogP contribution is 2.31. The number of aryl methyl sites for hydroxylation is 1. The molecule has 3 heterocycles. The summed E-state index contributed by atoms with van der Waals surface area (Å²) in [7, 11) is 2.09. The van der Waals surface area contributed by atoms with E-state index in [-0.39, 0.29) is 11.8 Å². The van der Waals surface area contributed by atoms with Crippen LogP contribution in [0.3, 0.4) is 0 Å². The molecule has 0 N–H and O–H groups in total. The maximum atomic E-state index is 13.9. The number of hydrogen-bond donors (Lipinski definition) is 0. The Hall–Kier alpha value is -4.16. The molecule has 0 unspecified atom stereocenters. The minimum absolute atomic E-state index is 0.0459. The van der Waals surface area contributed by atoms with Crippen LogP contribution in [0.15, 0.2) is 84.9 Å². The summed E-state index contributed by atoms with van der Waals surface area (Å²) >= 11 is 0. The molecule has 6 heteroatoms. The topological polar surface area (TPSA) is 48.8 Å². The van der Waals surface area contributed by atoms with Gasteiger partial charge in [-0.25, -0.2) is 0 Å². The molecule has 2 aliphatic heterocycles. The number of para-hydroxylation sites is 1. The van der Waals surface area contributed by atoms with Crippen LogP contribution in [0.2, 0.25) is 0 Å². The van der Waals surface area contributed by atoms with Crippen molar-refractivity contribution in [3.8, 4) is 11.1 Å². The largest absolute Gasteiger partial charge is 0.335 e. The summed E-state index contributed by atoms with van der Waals surface area (Å²) in [5, 5.41) is 0. The van der Waals surface area contributed by atoms with E-state index in [1.54, 1.807) is 0 Å². The van der Waals surface area contributed by atoms with E-state index in [4.69, 9.17) is 0 Å². The van der Waals surface area contributed by atoms with Crippen LogP contribution in [0.1, 0.15) is 37.7 Å². The number of amides is 2. The van der Waals surface area contributed by atoms with Gasteiger partial charge in [-0.3, -0.25) is 9.59 Å². The quantitative estimate of drug-likeness (QED) is 0.392. The van der Waals surface area contributed by atoms with Crippen LogP contribution in [0.25, 0.3) is 11.1 Å².